The van der Waals surface area contributed by atoms with Crippen LogP contribution in [0.4, 0.5) is 17.6 Å². The SMILES string of the molecule is O=CN1CCOC[C@H]1c1ccc(F)c(C(F)(F)F)c1. The summed E-state index contributed by atoms with van der Waals surface area (Å²) < 4.78 is 56.2. The van der Waals surface area contributed by atoms with Crippen LogP contribution in [0.25, 0.3) is 0 Å². The molecule has 0 N–H and O–H groups in total. The Balaban J connectivity index is 2.37. The molecule has 1 amide bonds. The van der Waals surface area contributed by atoms with Crippen molar-refractivity contribution in [2.75, 3.05) is 19.8 Å². The number of hydrogen-bond acceptors (Lipinski definition) is 2. The molecule has 0 aromatic heterocycles. The number of alkyl halides is 3. The van der Waals surface area contributed by atoms with Crippen LogP contribution in [0, 0.1) is 5.82 Å². The van der Waals surface area contributed by atoms with Gasteiger partial charge < -0.3 is 9.64 Å². The second-order valence-corrected chi connectivity index (χ2v) is 4.17. The second kappa shape index (κ2) is 5.16. The maximum atomic E-state index is 13.2. The van der Waals surface area contributed by atoms with Crippen molar-refractivity contribution in [1.82, 2.24) is 4.90 Å². The maximum absolute atomic E-state index is 13.2. The minimum absolute atomic E-state index is 0.0989. The number of benzene rings is 1. The van der Waals surface area contributed by atoms with E-state index < -0.39 is 23.6 Å². The van der Waals surface area contributed by atoms with Crippen molar-refractivity contribution in [3.63, 3.8) is 0 Å². The fraction of sp³-hybridized carbons (Fsp3) is 0.417. The summed E-state index contributed by atoms with van der Waals surface area (Å²) in [6.45, 7) is 0.733. The van der Waals surface area contributed by atoms with Crippen LogP contribution in [0.5, 0.6) is 0 Å². The van der Waals surface area contributed by atoms with E-state index in [4.69, 9.17) is 4.74 Å². The summed E-state index contributed by atoms with van der Waals surface area (Å²) in [6.07, 6.45) is -4.20. The van der Waals surface area contributed by atoms with Gasteiger partial charge in [-0.05, 0) is 17.7 Å². The third-order valence-corrected chi connectivity index (χ3v) is 2.99. The van der Waals surface area contributed by atoms with Gasteiger partial charge in [-0.15, -0.1) is 0 Å². The topological polar surface area (TPSA) is 29.5 Å². The molecule has 0 spiro atoms. The highest BCUT2D eigenvalue weighted by Crippen LogP contribution is 2.34. The Morgan fingerprint density at radius 1 is 1.37 bits per heavy atom. The lowest BCUT2D eigenvalue weighted by atomic mass is 10.0. The van der Waals surface area contributed by atoms with E-state index in [0.717, 1.165) is 12.1 Å². The lowest BCUT2D eigenvalue weighted by Crippen LogP contribution is -2.38. The predicted octanol–water partition coefficient (Wildman–Crippen LogP) is 2.37. The lowest BCUT2D eigenvalue weighted by Gasteiger charge is -2.33. The molecule has 1 aromatic rings. The van der Waals surface area contributed by atoms with Crippen molar-refractivity contribution in [1.29, 1.82) is 0 Å². The highest BCUT2D eigenvalue weighted by Gasteiger charge is 2.35. The molecule has 0 saturated carbocycles. The Kier molecular flexibility index (Phi) is 3.75. The number of carbonyl (C=O) groups is 1. The molecule has 0 unspecified atom stereocenters. The first-order valence-electron chi connectivity index (χ1n) is 5.59. The van der Waals surface area contributed by atoms with Crippen LogP contribution in [0.2, 0.25) is 0 Å². The number of morpholine rings is 1. The van der Waals surface area contributed by atoms with Gasteiger partial charge in [-0.2, -0.15) is 13.2 Å². The van der Waals surface area contributed by atoms with E-state index in [0.29, 0.717) is 19.6 Å². The molecule has 1 atom stereocenters. The molecule has 1 heterocycles. The molecule has 1 saturated heterocycles. The maximum Gasteiger partial charge on any atom is 0.419 e. The number of halogens is 4. The van der Waals surface area contributed by atoms with Crippen molar-refractivity contribution in [2.24, 2.45) is 0 Å². The van der Waals surface area contributed by atoms with Crippen molar-refractivity contribution in [3.05, 3.63) is 35.1 Å². The van der Waals surface area contributed by atoms with Crippen LogP contribution in [0.3, 0.4) is 0 Å². The van der Waals surface area contributed by atoms with Crippen molar-refractivity contribution in [3.8, 4) is 0 Å². The van der Waals surface area contributed by atoms with E-state index in [-0.39, 0.29) is 12.2 Å². The van der Waals surface area contributed by atoms with E-state index >= 15 is 0 Å². The minimum Gasteiger partial charge on any atom is -0.377 e. The quantitative estimate of drug-likeness (QED) is 0.613. The molecule has 2 rings (SSSR count). The van der Waals surface area contributed by atoms with Gasteiger partial charge >= 0.3 is 6.18 Å². The Morgan fingerprint density at radius 3 is 2.74 bits per heavy atom. The number of hydrogen-bond donors (Lipinski definition) is 0. The predicted molar refractivity (Wildman–Crippen MR) is 57.7 cm³/mol. The molecule has 1 fully saturated rings. The third kappa shape index (κ3) is 2.86. The Labute approximate surface area is 106 Å². The molecule has 104 valence electrons. The summed E-state index contributed by atoms with van der Waals surface area (Å²) in [6, 6.07) is 2.11. The smallest absolute Gasteiger partial charge is 0.377 e. The standard InChI is InChI=1S/C12H11F4NO2/c13-10-2-1-8(5-9(10)12(14,15)16)11-6-19-4-3-17(11)7-18/h1-2,5,7,11H,3-4,6H2/t11-/m0/s1. The van der Waals surface area contributed by atoms with Crippen molar-refractivity contribution in [2.45, 2.75) is 12.2 Å². The number of rotatable bonds is 2. The first kappa shape index (κ1) is 13.8. The molecular weight excluding hydrogens is 266 g/mol. The Bertz CT molecular complexity index is 475. The first-order valence-corrected chi connectivity index (χ1v) is 5.59. The summed E-state index contributed by atoms with van der Waals surface area (Å²) in [5.41, 5.74) is -1.12. The van der Waals surface area contributed by atoms with Gasteiger partial charge in [-0.25, -0.2) is 4.39 Å². The average molecular weight is 277 g/mol. The highest BCUT2D eigenvalue weighted by molar-refractivity contribution is 5.49. The Hall–Kier alpha value is -1.63. The number of carbonyl (C=O) groups excluding carboxylic acids is 1. The second-order valence-electron chi connectivity index (χ2n) is 4.17. The van der Waals surface area contributed by atoms with E-state index in [9.17, 15) is 22.4 Å². The van der Waals surface area contributed by atoms with Crippen LogP contribution in [0.1, 0.15) is 17.2 Å². The number of amides is 1. The van der Waals surface area contributed by atoms with Crippen LogP contribution in [-0.4, -0.2) is 31.1 Å². The van der Waals surface area contributed by atoms with Gasteiger partial charge in [0.15, 0.2) is 0 Å². The van der Waals surface area contributed by atoms with Gasteiger partial charge in [0.1, 0.15) is 5.82 Å². The summed E-state index contributed by atoms with van der Waals surface area (Å²) in [4.78, 5) is 12.2. The summed E-state index contributed by atoms with van der Waals surface area (Å²) >= 11 is 0. The van der Waals surface area contributed by atoms with E-state index in [1.807, 2.05) is 0 Å². The highest BCUT2D eigenvalue weighted by atomic mass is 19.4. The van der Waals surface area contributed by atoms with Gasteiger partial charge in [0, 0.05) is 6.54 Å². The lowest BCUT2D eigenvalue weighted by molar-refractivity contribution is -0.140. The molecule has 0 bridgehead atoms. The van der Waals surface area contributed by atoms with Crippen LogP contribution >= 0.6 is 0 Å². The largest absolute Gasteiger partial charge is 0.419 e. The summed E-state index contributed by atoms with van der Waals surface area (Å²) in [7, 11) is 0. The van der Waals surface area contributed by atoms with Crippen molar-refractivity contribution < 1.29 is 27.1 Å². The van der Waals surface area contributed by atoms with Crippen LogP contribution in [-0.2, 0) is 15.7 Å². The van der Waals surface area contributed by atoms with Gasteiger partial charge in [0.05, 0.1) is 24.8 Å². The minimum atomic E-state index is -4.76. The van der Waals surface area contributed by atoms with Gasteiger partial charge in [-0.1, -0.05) is 6.07 Å². The molecule has 19 heavy (non-hydrogen) atoms. The molecule has 1 aromatic carbocycles. The van der Waals surface area contributed by atoms with E-state index in [1.54, 1.807) is 0 Å². The molecule has 1 aliphatic heterocycles. The molecule has 1 aliphatic rings. The fourth-order valence-electron chi connectivity index (χ4n) is 2.00. The molecule has 3 nitrogen and oxygen atoms in total. The van der Waals surface area contributed by atoms with Gasteiger partial charge in [0.25, 0.3) is 0 Å². The number of ether oxygens (including phenoxy) is 1. The van der Waals surface area contributed by atoms with Crippen molar-refractivity contribution >= 4 is 6.41 Å². The molecule has 7 heteroatoms. The zero-order valence-electron chi connectivity index (χ0n) is 9.78. The Morgan fingerprint density at radius 2 is 2.11 bits per heavy atom. The van der Waals surface area contributed by atoms with Gasteiger partial charge in [-0.3, -0.25) is 4.79 Å². The fourth-order valence-corrected chi connectivity index (χ4v) is 2.00. The monoisotopic (exact) mass is 277 g/mol. The van der Waals surface area contributed by atoms with Crippen LogP contribution in [0.15, 0.2) is 18.2 Å². The zero-order chi connectivity index (χ0) is 14.0. The van der Waals surface area contributed by atoms with Gasteiger partial charge in [0.2, 0.25) is 6.41 Å². The normalized spacial score (nSPS) is 20.4. The number of nitrogens with zero attached hydrogens (tertiary/aromatic N) is 1. The molecular formula is C12H11F4NO2. The van der Waals surface area contributed by atoms with E-state index in [1.165, 1.54) is 11.0 Å². The summed E-state index contributed by atoms with van der Waals surface area (Å²) in [5.74, 6) is -1.33. The van der Waals surface area contributed by atoms with E-state index in [2.05, 4.69) is 0 Å². The summed E-state index contributed by atoms with van der Waals surface area (Å²) in [5, 5.41) is 0. The zero-order valence-corrected chi connectivity index (χ0v) is 9.78. The van der Waals surface area contributed by atoms with Crippen LogP contribution < -0.4 is 0 Å². The molecule has 0 radical (unpaired) electrons. The third-order valence-electron chi connectivity index (χ3n) is 2.99. The average Bonchev–Trinajstić information content (AvgIpc) is 2.38. The first-order chi connectivity index (χ1) is 8.93. The molecule has 0 aliphatic carbocycles.